The van der Waals surface area contributed by atoms with Crippen LogP contribution in [0, 0.1) is 0 Å². The molecule has 0 aliphatic rings. The molecule has 2 aromatic heterocycles. The Balaban J connectivity index is 1.52. The summed E-state index contributed by atoms with van der Waals surface area (Å²) in [6.45, 7) is 1.14. The van der Waals surface area contributed by atoms with Crippen LogP contribution in [0.15, 0.2) is 85.3 Å². The van der Waals surface area contributed by atoms with Crippen LogP contribution in [0.5, 0.6) is 0 Å². The van der Waals surface area contributed by atoms with Crippen molar-refractivity contribution in [2.45, 2.75) is 13.1 Å². The van der Waals surface area contributed by atoms with E-state index in [0.717, 1.165) is 11.1 Å². The number of benzene rings is 2. The number of fused-ring (bicyclic) bond motifs is 1. The summed E-state index contributed by atoms with van der Waals surface area (Å²) in [6, 6.07) is 21.9. The van der Waals surface area contributed by atoms with Crippen LogP contribution < -0.4 is 0 Å². The topological polar surface area (TPSA) is 38.1 Å². The molecule has 2 heterocycles. The lowest BCUT2D eigenvalue weighted by molar-refractivity contribution is 0.0868. The summed E-state index contributed by atoms with van der Waals surface area (Å²) in [7, 11) is 0. The van der Waals surface area contributed by atoms with Crippen molar-refractivity contribution in [1.82, 2.24) is 13.9 Å². The lowest BCUT2D eigenvalue weighted by Crippen LogP contribution is -2.21. The van der Waals surface area contributed by atoms with Crippen LogP contribution >= 0.6 is 12.8 Å². The smallest absolute Gasteiger partial charge is 0.263 e. The first-order chi connectivity index (χ1) is 13.2. The summed E-state index contributed by atoms with van der Waals surface area (Å²) in [5.74, 6) is -0.116. The molecule has 0 radical (unpaired) electrons. The number of aromatic nitrogens is 2. The van der Waals surface area contributed by atoms with Crippen LogP contribution in [0.3, 0.4) is 0 Å². The molecule has 0 spiro atoms. The monoisotopic (exact) mass is 373 g/mol. The predicted molar refractivity (Wildman–Crippen MR) is 111 cm³/mol. The van der Waals surface area contributed by atoms with Gasteiger partial charge in [0.1, 0.15) is 0 Å². The van der Waals surface area contributed by atoms with Crippen molar-refractivity contribution in [2.75, 3.05) is 0 Å². The average molecular weight is 373 g/mol. The van der Waals surface area contributed by atoms with Gasteiger partial charge in [-0.05, 0) is 52.9 Å². The van der Waals surface area contributed by atoms with Gasteiger partial charge in [-0.1, -0.05) is 43.1 Å². The third kappa shape index (κ3) is 3.88. The molecule has 0 N–H and O–H groups in total. The van der Waals surface area contributed by atoms with Gasteiger partial charge in [0.05, 0.1) is 6.54 Å². The third-order valence-corrected chi connectivity index (χ3v) is 4.85. The minimum Gasteiger partial charge on any atom is -0.343 e. The molecule has 4 rings (SSSR count). The standard InChI is InChI=1S/C22H19N3OS/c26-22(25(27)16-17-8-11-23-12-9-17)20-6-3-4-18(14-20)15-24-13-10-19-5-1-2-7-21(19)24/h1-14,27H,15-16H2. The number of rotatable bonds is 5. The molecule has 0 aliphatic carbocycles. The van der Waals surface area contributed by atoms with Gasteiger partial charge >= 0.3 is 0 Å². The fourth-order valence-electron chi connectivity index (χ4n) is 3.16. The number of carbonyl (C=O) groups is 1. The number of nitrogens with zero attached hydrogens (tertiary/aromatic N) is 3. The molecule has 27 heavy (non-hydrogen) atoms. The van der Waals surface area contributed by atoms with Crippen molar-refractivity contribution in [1.29, 1.82) is 0 Å². The summed E-state index contributed by atoms with van der Waals surface area (Å²) in [4.78, 5) is 16.7. The van der Waals surface area contributed by atoms with Gasteiger partial charge in [-0.2, -0.15) is 0 Å². The normalized spacial score (nSPS) is 10.9. The van der Waals surface area contributed by atoms with E-state index >= 15 is 0 Å². The SMILES string of the molecule is O=C(c1cccc(Cn2ccc3ccccc32)c1)N(S)Cc1ccncc1. The molecule has 0 bridgehead atoms. The second kappa shape index (κ2) is 7.68. The highest BCUT2D eigenvalue weighted by Crippen LogP contribution is 2.18. The summed E-state index contributed by atoms with van der Waals surface area (Å²) in [5.41, 5.74) is 3.88. The van der Waals surface area contributed by atoms with E-state index in [2.05, 4.69) is 46.8 Å². The molecule has 5 heteroatoms. The lowest BCUT2D eigenvalue weighted by Gasteiger charge is -2.16. The Kier molecular flexibility index (Phi) is 4.94. The second-order valence-electron chi connectivity index (χ2n) is 6.42. The van der Waals surface area contributed by atoms with Gasteiger partial charge in [-0.15, -0.1) is 0 Å². The molecule has 0 saturated heterocycles. The number of para-hydroxylation sites is 1. The summed E-state index contributed by atoms with van der Waals surface area (Å²) in [5, 5.41) is 1.21. The Hall–Kier alpha value is -3.05. The van der Waals surface area contributed by atoms with Gasteiger partial charge in [-0.25, -0.2) is 0 Å². The van der Waals surface area contributed by atoms with E-state index in [-0.39, 0.29) is 5.91 Å². The number of thiol groups is 1. The Morgan fingerprint density at radius 3 is 2.63 bits per heavy atom. The first-order valence-corrected chi connectivity index (χ1v) is 9.13. The summed E-state index contributed by atoms with van der Waals surface area (Å²) >= 11 is 4.38. The molecule has 2 aromatic carbocycles. The lowest BCUT2D eigenvalue weighted by atomic mass is 10.1. The minimum atomic E-state index is -0.116. The van der Waals surface area contributed by atoms with Crippen molar-refractivity contribution in [3.63, 3.8) is 0 Å². The summed E-state index contributed by atoms with van der Waals surface area (Å²) in [6.07, 6.45) is 5.50. The molecule has 4 nitrogen and oxygen atoms in total. The van der Waals surface area contributed by atoms with E-state index in [9.17, 15) is 4.79 Å². The van der Waals surface area contributed by atoms with Gasteiger partial charge < -0.3 is 4.57 Å². The van der Waals surface area contributed by atoms with Gasteiger partial charge in [-0.3, -0.25) is 14.1 Å². The Bertz CT molecular complexity index is 1080. The molecule has 0 fully saturated rings. The number of amides is 1. The quantitative estimate of drug-likeness (QED) is 0.520. The van der Waals surface area contributed by atoms with Crippen molar-refractivity contribution >= 4 is 29.6 Å². The van der Waals surface area contributed by atoms with Crippen LogP contribution in [0.1, 0.15) is 21.5 Å². The fraction of sp³-hybridized carbons (Fsp3) is 0.0909. The van der Waals surface area contributed by atoms with Gasteiger partial charge in [0, 0.05) is 36.2 Å². The van der Waals surface area contributed by atoms with Gasteiger partial charge in [0.25, 0.3) is 5.91 Å². The van der Waals surface area contributed by atoms with Gasteiger partial charge in [0.2, 0.25) is 0 Å². The van der Waals surface area contributed by atoms with Crippen LogP contribution in [0.4, 0.5) is 0 Å². The van der Waals surface area contributed by atoms with Crippen molar-refractivity contribution in [2.24, 2.45) is 0 Å². The highest BCUT2D eigenvalue weighted by molar-refractivity contribution is 7.78. The molecular formula is C22H19N3OS. The number of carbonyl (C=O) groups excluding carboxylic acids is 1. The van der Waals surface area contributed by atoms with E-state index in [0.29, 0.717) is 18.7 Å². The zero-order valence-electron chi connectivity index (χ0n) is 14.7. The van der Waals surface area contributed by atoms with E-state index in [1.165, 1.54) is 15.2 Å². The van der Waals surface area contributed by atoms with E-state index in [4.69, 9.17) is 0 Å². The zero-order valence-corrected chi connectivity index (χ0v) is 15.6. The second-order valence-corrected chi connectivity index (χ2v) is 6.90. The van der Waals surface area contributed by atoms with Crippen LogP contribution in [0.2, 0.25) is 0 Å². The largest absolute Gasteiger partial charge is 0.343 e. The zero-order chi connectivity index (χ0) is 18.6. The minimum absolute atomic E-state index is 0.116. The highest BCUT2D eigenvalue weighted by Gasteiger charge is 2.14. The maximum absolute atomic E-state index is 12.7. The van der Waals surface area contributed by atoms with Crippen LogP contribution in [-0.2, 0) is 13.1 Å². The number of hydrogen-bond donors (Lipinski definition) is 1. The average Bonchev–Trinajstić information content (AvgIpc) is 3.11. The molecule has 4 aromatic rings. The number of pyridine rings is 1. The Morgan fingerprint density at radius 1 is 0.963 bits per heavy atom. The fourth-order valence-corrected chi connectivity index (χ4v) is 3.44. The maximum Gasteiger partial charge on any atom is 0.263 e. The van der Waals surface area contributed by atoms with Crippen LogP contribution in [0.25, 0.3) is 10.9 Å². The van der Waals surface area contributed by atoms with Crippen molar-refractivity contribution < 1.29 is 4.79 Å². The van der Waals surface area contributed by atoms with Crippen molar-refractivity contribution in [3.8, 4) is 0 Å². The third-order valence-electron chi connectivity index (χ3n) is 4.52. The molecule has 0 aliphatic heterocycles. The van der Waals surface area contributed by atoms with E-state index in [1.54, 1.807) is 12.4 Å². The highest BCUT2D eigenvalue weighted by atomic mass is 32.1. The predicted octanol–water partition coefficient (Wildman–Crippen LogP) is 4.57. The molecule has 0 unspecified atom stereocenters. The van der Waals surface area contributed by atoms with Crippen LogP contribution in [-0.4, -0.2) is 19.8 Å². The Morgan fingerprint density at radius 2 is 1.78 bits per heavy atom. The maximum atomic E-state index is 12.7. The van der Waals surface area contributed by atoms with E-state index < -0.39 is 0 Å². The molecule has 0 saturated carbocycles. The first kappa shape index (κ1) is 17.4. The van der Waals surface area contributed by atoms with Crippen molar-refractivity contribution in [3.05, 3.63) is 102 Å². The van der Waals surface area contributed by atoms with E-state index in [1.807, 2.05) is 48.5 Å². The number of hydrogen-bond acceptors (Lipinski definition) is 3. The molecule has 0 atom stereocenters. The Labute approximate surface area is 163 Å². The molecule has 134 valence electrons. The molecule has 1 amide bonds. The van der Waals surface area contributed by atoms with Gasteiger partial charge in [0.15, 0.2) is 0 Å². The summed E-state index contributed by atoms with van der Waals surface area (Å²) < 4.78 is 3.62. The first-order valence-electron chi connectivity index (χ1n) is 8.73. The molecular weight excluding hydrogens is 354 g/mol.